The average molecular weight is 174 g/mol. The van der Waals surface area contributed by atoms with Gasteiger partial charge in [-0.2, -0.15) is 0 Å². The summed E-state index contributed by atoms with van der Waals surface area (Å²) in [6.07, 6.45) is 0. The van der Waals surface area contributed by atoms with Gasteiger partial charge in [-0.1, -0.05) is 30.3 Å². The zero-order valence-electron chi connectivity index (χ0n) is 5.84. The van der Waals surface area contributed by atoms with Crippen LogP contribution in [-0.4, -0.2) is 11.3 Å². The minimum atomic E-state index is 0. The van der Waals surface area contributed by atoms with Gasteiger partial charge in [0.25, 0.3) is 0 Å². The summed E-state index contributed by atoms with van der Waals surface area (Å²) in [5.41, 5.74) is 5.97. The predicted octanol–water partition coefficient (Wildman–Crippen LogP) is -2.85. The molecule has 0 aliphatic carbocycles. The third-order valence-electron chi connectivity index (χ3n) is 1.08. The maximum atomic E-state index is 7.01. The highest BCUT2D eigenvalue weighted by molar-refractivity contribution is 5.94. The van der Waals surface area contributed by atoms with Crippen LogP contribution in [0, 0.1) is 5.41 Å². The van der Waals surface area contributed by atoms with Crippen molar-refractivity contribution in [3.63, 3.8) is 0 Å². The second-order valence-corrected chi connectivity index (χ2v) is 1.78. The number of rotatable bonds is 1. The van der Waals surface area contributed by atoms with Crippen LogP contribution in [0.4, 0.5) is 0 Å². The minimum absolute atomic E-state index is 0. The van der Waals surface area contributed by atoms with Crippen molar-refractivity contribution in [3.05, 3.63) is 35.9 Å². The lowest BCUT2D eigenvalue weighted by Gasteiger charge is -1.93. The van der Waals surface area contributed by atoms with Gasteiger partial charge in [0.2, 0.25) is 0 Å². The molecule has 4 heteroatoms. The lowest BCUT2D eigenvalue weighted by atomic mass is 10.2. The van der Waals surface area contributed by atoms with Crippen molar-refractivity contribution in [1.29, 1.82) is 5.41 Å². The van der Waals surface area contributed by atoms with Crippen molar-refractivity contribution in [2.75, 3.05) is 0 Å². The molecule has 0 aliphatic heterocycles. The molecule has 0 spiro atoms. The van der Waals surface area contributed by atoms with E-state index >= 15 is 0 Å². The fourth-order valence-corrected chi connectivity index (χ4v) is 0.618. The number of benzene rings is 1. The standard InChI is InChI=1S/C7H8N2.ClH.H2O/c8-7(9)6-4-2-1-3-5-6;;/h1-5H,(H3,8,9);1H;1H2/p-1. The van der Waals surface area contributed by atoms with E-state index in [-0.39, 0.29) is 23.7 Å². The predicted molar refractivity (Wildman–Crippen MR) is 41.1 cm³/mol. The van der Waals surface area contributed by atoms with Crippen LogP contribution >= 0.6 is 0 Å². The molecule has 5 N–H and O–H groups in total. The van der Waals surface area contributed by atoms with E-state index in [0.29, 0.717) is 0 Å². The summed E-state index contributed by atoms with van der Waals surface area (Å²) < 4.78 is 0. The normalized spacial score (nSPS) is 7.27. The van der Waals surface area contributed by atoms with Gasteiger partial charge in [0.05, 0.1) is 0 Å². The van der Waals surface area contributed by atoms with E-state index in [1.807, 2.05) is 30.3 Å². The van der Waals surface area contributed by atoms with E-state index in [1.165, 1.54) is 0 Å². The molecule has 0 bridgehead atoms. The Labute approximate surface area is 71.5 Å². The maximum absolute atomic E-state index is 7.01. The van der Waals surface area contributed by atoms with Crippen molar-refractivity contribution in [2.24, 2.45) is 5.73 Å². The Bertz CT molecular complexity index is 213. The molecule has 0 fully saturated rings. The molecule has 0 unspecified atom stereocenters. The van der Waals surface area contributed by atoms with Gasteiger partial charge in [-0.15, -0.1) is 0 Å². The molecule has 1 rings (SSSR count). The van der Waals surface area contributed by atoms with E-state index < -0.39 is 0 Å². The first-order chi connectivity index (χ1) is 4.30. The van der Waals surface area contributed by atoms with Crippen LogP contribution in [0.15, 0.2) is 30.3 Å². The van der Waals surface area contributed by atoms with Crippen molar-refractivity contribution >= 4 is 5.84 Å². The highest BCUT2D eigenvalue weighted by atomic mass is 35.5. The number of nitrogens with one attached hydrogen (secondary N) is 1. The minimum Gasteiger partial charge on any atom is -1.00 e. The van der Waals surface area contributed by atoms with E-state index in [0.717, 1.165) is 5.56 Å². The van der Waals surface area contributed by atoms with Gasteiger partial charge < -0.3 is 23.6 Å². The summed E-state index contributed by atoms with van der Waals surface area (Å²) in [4.78, 5) is 0. The Hall–Kier alpha value is -1.06. The van der Waals surface area contributed by atoms with Gasteiger partial charge in [-0.25, -0.2) is 0 Å². The molecule has 0 saturated heterocycles. The summed E-state index contributed by atoms with van der Waals surface area (Å²) in [5.74, 6) is 0.121. The SMILES string of the molecule is N=C(N)c1ccccc1.O.[Cl-]. The van der Waals surface area contributed by atoms with Crippen molar-refractivity contribution in [1.82, 2.24) is 0 Å². The smallest absolute Gasteiger partial charge is 0.122 e. The Balaban J connectivity index is 0. The van der Waals surface area contributed by atoms with Crippen LogP contribution in [0.2, 0.25) is 0 Å². The summed E-state index contributed by atoms with van der Waals surface area (Å²) in [6.45, 7) is 0. The Morgan fingerprint density at radius 3 is 1.91 bits per heavy atom. The monoisotopic (exact) mass is 173 g/mol. The van der Waals surface area contributed by atoms with Crippen molar-refractivity contribution in [3.8, 4) is 0 Å². The van der Waals surface area contributed by atoms with Gasteiger partial charge in [-0.3, -0.25) is 5.41 Å². The molecular weight excluding hydrogens is 164 g/mol. The Kier molecular flexibility index (Phi) is 6.53. The van der Waals surface area contributed by atoms with Crippen LogP contribution < -0.4 is 18.1 Å². The molecule has 1 aromatic carbocycles. The maximum Gasteiger partial charge on any atom is 0.122 e. The fourth-order valence-electron chi connectivity index (χ4n) is 0.618. The van der Waals surface area contributed by atoms with Crippen molar-refractivity contribution in [2.45, 2.75) is 0 Å². The molecular formula is C7H10ClN2O-. The fraction of sp³-hybridized carbons (Fsp3) is 0. The summed E-state index contributed by atoms with van der Waals surface area (Å²) in [7, 11) is 0. The van der Waals surface area contributed by atoms with E-state index in [4.69, 9.17) is 11.1 Å². The van der Waals surface area contributed by atoms with Crippen LogP contribution in [0.3, 0.4) is 0 Å². The zero-order valence-corrected chi connectivity index (χ0v) is 6.60. The molecule has 0 amide bonds. The molecule has 0 saturated carbocycles. The first-order valence-corrected chi connectivity index (χ1v) is 2.70. The van der Waals surface area contributed by atoms with Crippen LogP contribution in [0.1, 0.15) is 5.56 Å². The first kappa shape index (κ1) is 12.6. The lowest BCUT2D eigenvalue weighted by molar-refractivity contribution is -0.00000341. The first-order valence-electron chi connectivity index (χ1n) is 2.70. The molecule has 11 heavy (non-hydrogen) atoms. The average Bonchev–Trinajstić information content (AvgIpc) is 1.90. The van der Waals surface area contributed by atoms with E-state index in [9.17, 15) is 0 Å². The van der Waals surface area contributed by atoms with E-state index in [1.54, 1.807) is 0 Å². The molecule has 0 heterocycles. The molecule has 0 atom stereocenters. The number of hydrogen-bond donors (Lipinski definition) is 2. The largest absolute Gasteiger partial charge is 1.00 e. The van der Waals surface area contributed by atoms with Crippen molar-refractivity contribution < 1.29 is 17.9 Å². The third kappa shape index (κ3) is 3.60. The third-order valence-corrected chi connectivity index (χ3v) is 1.08. The topological polar surface area (TPSA) is 81.4 Å². The van der Waals surface area contributed by atoms with Gasteiger partial charge in [0.1, 0.15) is 5.84 Å². The van der Waals surface area contributed by atoms with Gasteiger partial charge in [0, 0.05) is 5.56 Å². The Morgan fingerprint density at radius 1 is 1.18 bits per heavy atom. The number of nitrogen functional groups attached to an aromatic ring is 1. The lowest BCUT2D eigenvalue weighted by Crippen LogP contribution is -3.00. The van der Waals surface area contributed by atoms with Crippen LogP contribution in [0.25, 0.3) is 0 Å². The molecule has 62 valence electrons. The van der Waals surface area contributed by atoms with Gasteiger partial charge in [-0.05, 0) is 0 Å². The molecule has 0 aliphatic rings. The van der Waals surface area contributed by atoms with Crippen LogP contribution in [0.5, 0.6) is 0 Å². The highest BCUT2D eigenvalue weighted by Gasteiger charge is 1.89. The number of amidine groups is 1. The second kappa shape index (κ2) is 5.70. The molecule has 3 nitrogen and oxygen atoms in total. The van der Waals surface area contributed by atoms with E-state index in [2.05, 4.69) is 0 Å². The zero-order chi connectivity index (χ0) is 6.69. The number of hydrogen-bond acceptors (Lipinski definition) is 1. The summed E-state index contributed by atoms with van der Waals surface area (Å²) in [5, 5.41) is 7.01. The number of nitrogens with two attached hydrogens (primary N) is 1. The Morgan fingerprint density at radius 2 is 1.64 bits per heavy atom. The molecule has 0 aromatic heterocycles. The second-order valence-electron chi connectivity index (χ2n) is 1.78. The quantitative estimate of drug-likeness (QED) is 0.348. The summed E-state index contributed by atoms with van der Waals surface area (Å²) in [6, 6.07) is 9.23. The molecule has 0 radical (unpaired) electrons. The summed E-state index contributed by atoms with van der Waals surface area (Å²) >= 11 is 0. The van der Waals surface area contributed by atoms with Crippen LogP contribution in [-0.2, 0) is 0 Å². The number of halogens is 1. The molecule has 1 aromatic rings. The van der Waals surface area contributed by atoms with Gasteiger partial charge >= 0.3 is 0 Å². The highest BCUT2D eigenvalue weighted by Crippen LogP contribution is 1.94. The van der Waals surface area contributed by atoms with Gasteiger partial charge in [0.15, 0.2) is 0 Å².